The Kier molecular flexibility index (Phi) is 4.15. The average molecular weight is 302 g/mol. The summed E-state index contributed by atoms with van der Waals surface area (Å²) in [7, 11) is 0. The lowest BCUT2D eigenvalue weighted by atomic mass is 9.76. The first-order chi connectivity index (χ1) is 10.4. The molecule has 0 aromatic heterocycles. The molecule has 1 aromatic carbocycles. The van der Waals surface area contributed by atoms with Crippen LogP contribution in [0.2, 0.25) is 0 Å². The van der Waals surface area contributed by atoms with Crippen LogP contribution in [0.1, 0.15) is 49.3 Å². The largest absolute Gasteiger partial charge is 0.386 e. The molecule has 1 aliphatic carbocycles. The molecule has 1 saturated heterocycles. The van der Waals surface area contributed by atoms with Crippen molar-refractivity contribution in [1.82, 2.24) is 0 Å². The van der Waals surface area contributed by atoms with E-state index in [-0.39, 0.29) is 0 Å². The average Bonchev–Trinajstić information content (AvgIpc) is 2.95. The van der Waals surface area contributed by atoms with E-state index in [4.69, 9.17) is 9.47 Å². The van der Waals surface area contributed by atoms with Crippen molar-refractivity contribution in [3.8, 4) is 0 Å². The van der Waals surface area contributed by atoms with Crippen molar-refractivity contribution in [2.75, 3.05) is 13.2 Å². The molecule has 1 N–H and O–H groups in total. The van der Waals surface area contributed by atoms with Crippen LogP contribution in [0, 0.1) is 13.8 Å². The fraction of sp³-hybridized carbons (Fsp3) is 0.579. The number of rotatable bonds is 2. The van der Waals surface area contributed by atoms with Gasteiger partial charge in [-0.1, -0.05) is 24.3 Å². The van der Waals surface area contributed by atoms with Gasteiger partial charge in [0, 0.05) is 12.8 Å². The Morgan fingerprint density at radius 1 is 1.05 bits per heavy atom. The van der Waals surface area contributed by atoms with E-state index in [0.717, 1.165) is 24.0 Å². The van der Waals surface area contributed by atoms with E-state index >= 15 is 0 Å². The minimum atomic E-state index is -0.737. The third-order valence-corrected chi connectivity index (χ3v) is 5.30. The predicted octanol–water partition coefficient (Wildman–Crippen LogP) is 3.75. The van der Waals surface area contributed by atoms with Gasteiger partial charge in [-0.05, 0) is 55.9 Å². The van der Waals surface area contributed by atoms with E-state index in [2.05, 4.69) is 38.1 Å². The van der Waals surface area contributed by atoms with Crippen LogP contribution in [0.25, 0.3) is 6.08 Å². The number of benzene rings is 1. The number of ether oxygens (including phenoxy) is 2. The normalized spacial score (nSPS) is 23.9. The number of aryl methyl sites for hydroxylation is 2. The van der Waals surface area contributed by atoms with E-state index in [1.165, 1.54) is 11.1 Å². The van der Waals surface area contributed by atoms with Crippen molar-refractivity contribution in [2.45, 2.75) is 57.8 Å². The van der Waals surface area contributed by atoms with Crippen molar-refractivity contribution in [3.05, 3.63) is 40.5 Å². The smallest absolute Gasteiger partial charge is 0.168 e. The lowest BCUT2D eigenvalue weighted by Gasteiger charge is -2.41. The van der Waals surface area contributed by atoms with E-state index in [1.807, 2.05) is 6.92 Å². The van der Waals surface area contributed by atoms with Crippen molar-refractivity contribution in [2.24, 2.45) is 0 Å². The molecule has 3 heteroatoms. The first-order valence-electron chi connectivity index (χ1n) is 8.19. The van der Waals surface area contributed by atoms with Crippen molar-refractivity contribution >= 4 is 6.08 Å². The van der Waals surface area contributed by atoms with E-state index in [1.54, 1.807) is 0 Å². The number of aliphatic hydroxyl groups is 1. The summed E-state index contributed by atoms with van der Waals surface area (Å²) in [6.45, 7) is 7.62. The molecule has 0 unspecified atom stereocenters. The van der Waals surface area contributed by atoms with Gasteiger partial charge in [-0.3, -0.25) is 0 Å². The number of hydrogen-bond donors (Lipinski definition) is 1. The molecule has 1 aromatic rings. The van der Waals surface area contributed by atoms with Crippen molar-refractivity contribution < 1.29 is 14.6 Å². The molecule has 1 aliphatic heterocycles. The summed E-state index contributed by atoms with van der Waals surface area (Å²) in [6.07, 6.45) is 5.03. The summed E-state index contributed by atoms with van der Waals surface area (Å²) in [6, 6.07) is 6.42. The van der Waals surface area contributed by atoms with Crippen LogP contribution in [0.3, 0.4) is 0 Å². The maximum Gasteiger partial charge on any atom is 0.168 e. The molecule has 2 fully saturated rings. The summed E-state index contributed by atoms with van der Waals surface area (Å²) in [5.41, 5.74) is 4.03. The zero-order valence-corrected chi connectivity index (χ0v) is 13.8. The molecule has 3 nitrogen and oxygen atoms in total. The molecule has 0 radical (unpaired) electrons. The minimum Gasteiger partial charge on any atom is -0.386 e. The van der Waals surface area contributed by atoms with Crippen molar-refractivity contribution in [3.63, 3.8) is 0 Å². The fourth-order valence-electron chi connectivity index (χ4n) is 3.46. The molecule has 3 rings (SSSR count). The van der Waals surface area contributed by atoms with Gasteiger partial charge in [-0.2, -0.15) is 0 Å². The highest BCUT2D eigenvalue weighted by Gasteiger charge is 2.46. The summed E-state index contributed by atoms with van der Waals surface area (Å²) < 4.78 is 11.5. The first-order valence-corrected chi connectivity index (χ1v) is 8.19. The third kappa shape index (κ3) is 2.98. The summed E-state index contributed by atoms with van der Waals surface area (Å²) in [5.74, 6) is -0.424. The quantitative estimate of drug-likeness (QED) is 0.904. The summed E-state index contributed by atoms with van der Waals surface area (Å²) >= 11 is 0. The molecule has 120 valence electrons. The summed E-state index contributed by atoms with van der Waals surface area (Å²) in [5, 5.41) is 11.0. The highest BCUT2D eigenvalue weighted by atomic mass is 16.7. The molecule has 1 saturated carbocycles. The van der Waals surface area contributed by atoms with Gasteiger partial charge in [0.1, 0.15) is 0 Å². The Morgan fingerprint density at radius 2 is 1.68 bits per heavy atom. The zero-order valence-electron chi connectivity index (χ0n) is 13.8. The van der Waals surface area contributed by atoms with Crippen LogP contribution in [0.15, 0.2) is 23.8 Å². The van der Waals surface area contributed by atoms with Crippen LogP contribution in [0.5, 0.6) is 0 Å². The zero-order chi connectivity index (χ0) is 15.8. The van der Waals surface area contributed by atoms with Gasteiger partial charge in [0.15, 0.2) is 5.79 Å². The van der Waals surface area contributed by atoms with Crippen LogP contribution in [-0.4, -0.2) is 29.7 Å². The third-order valence-electron chi connectivity index (χ3n) is 5.30. The molecule has 0 amide bonds. The van der Waals surface area contributed by atoms with Gasteiger partial charge in [0.2, 0.25) is 0 Å². The Labute approximate surface area is 132 Å². The Bertz CT molecular complexity index is 572. The molecular formula is C19H26O3. The SMILES string of the molecule is C/C(=C\c1ccc(C)c(C)c1)C1(O)CCC2(CC1)OCCO2. The fourth-order valence-corrected chi connectivity index (χ4v) is 3.46. The van der Waals surface area contributed by atoms with Crippen LogP contribution in [0.4, 0.5) is 0 Å². The molecule has 0 bridgehead atoms. The highest BCUT2D eigenvalue weighted by Crippen LogP contribution is 2.43. The van der Waals surface area contributed by atoms with Gasteiger partial charge < -0.3 is 14.6 Å². The molecule has 1 spiro atoms. The highest BCUT2D eigenvalue weighted by molar-refractivity contribution is 5.56. The van der Waals surface area contributed by atoms with E-state index < -0.39 is 11.4 Å². The molecule has 22 heavy (non-hydrogen) atoms. The Morgan fingerprint density at radius 3 is 2.27 bits per heavy atom. The molecule has 2 aliphatic rings. The van der Waals surface area contributed by atoms with Crippen LogP contribution in [-0.2, 0) is 9.47 Å². The summed E-state index contributed by atoms with van der Waals surface area (Å²) in [4.78, 5) is 0. The maximum atomic E-state index is 11.0. The topological polar surface area (TPSA) is 38.7 Å². The standard InChI is InChI=1S/C19H26O3/c1-14-4-5-17(12-15(14)2)13-16(3)18(20)6-8-19(9-7-18)21-10-11-22-19/h4-5,12-13,20H,6-11H2,1-3H3/b16-13+. The predicted molar refractivity (Wildman–Crippen MR) is 87.6 cm³/mol. The first kappa shape index (κ1) is 15.7. The van der Waals surface area contributed by atoms with Gasteiger partial charge in [0.25, 0.3) is 0 Å². The van der Waals surface area contributed by atoms with Gasteiger partial charge in [0.05, 0.1) is 18.8 Å². The lowest BCUT2D eigenvalue weighted by molar-refractivity contribution is -0.197. The van der Waals surface area contributed by atoms with E-state index in [0.29, 0.717) is 26.1 Å². The number of hydrogen-bond acceptors (Lipinski definition) is 3. The van der Waals surface area contributed by atoms with Crippen molar-refractivity contribution in [1.29, 1.82) is 0 Å². The molecular weight excluding hydrogens is 276 g/mol. The monoisotopic (exact) mass is 302 g/mol. The van der Waals surface area contributed by atoms with Gasteiger partial charge in [-0.15, -0.1) is 0 Å². The van der Waals surface area contributed by atoms with E-state index in [9.17, 15) is 5.11 Å². The van der Waals surface area contributed by atoms with Crippen LogP contribution >= 0.6 is 0 Å². The van der Waals surface area contributed by atoms with Gasteiger partial charge >= 0.3 is 0 Å². The second-order valence-electron chi connectivity index (χ2n) is 6.81. The second kappa shape index (κ2) is 5.80. The molecule has 0 atom stereocenters. The maximum absolute atomic E-state index is 11.0. The molecule has 1 heterocycles. The van der Waals surface area contributed by atoms with Crippen LogP contribution < -0.4 is 0 Å². The Balaban J connectivity index is 1.74. The van der Waals surface area contributed by atoms with Gasteiger partial charge in [-0.25, -0.2) is 0 Å². The lowest BCUT2D eigenvalue weighted by Crippen LogP contribution is -2.44. The Hall–Kier alpha value is -1.16. The minimum absolute atomic E-state index is 0.424. The second-order valence-corrected chi connectivity index (χ2v) is 6.81.